The fourth-order valence-corrected chi connectivity index (χ4v) is 2.07. The Kier molecular flexibility index (Phi) is 2.77. The fraction of sp³-hybridized carbons (Fsp3) is 0.385. The van der Waals surface area contributed by atoms with Gasteiger partial charge in [-0.1, -0.05) is 13.8 Å². The molecule has 0 fully saturated rings. The van der Waals surface area contributed by atoms with E-state index in [9.17, 15) is 4.79 Å². The molecule has 2 rings (SSSR count). The number of hydrogen-bond acceptors (Lipinski definition) is 2. The number of nitrogens with zero attached hydrogens (tertiary/aromatic N) is 1. The van der Waals surface area contributed by atoms with Gasteiger partial charge >= 0.3 is 0 Å². The molecule has 0 spiro atoms. The summed E-state index contributed by atoms with van der Waals surface area (Å²) in [6, 6.07) is 3.61. The minimum absolute atomic E-state index is 0.0414. The Balaban J connectivity index is 2.89. The first-order valence-corrected chi connectivity index (χ1v) is 5.68. The molecule has 0 bridgehead atoms. The zero-order valence-corrected chi connectivity index (χ0v) is 9.92. The summed E-state index contributed by atoms with van der Waals surface area (Å²) in [5.41, 5.74) is 3.98. The summed E-state index contributed by atoms with van der Waals surface area (Å²) < 4.78 is 0. The summed E-state index contributed by atoms with van der Waals surface area (Å²) in [6.45, 7) is 6.12. The lowest BCUT2D eigenvalue weighted by Crippen LogP contribution is -2.08. The van der Waals surface area contributed by atoms with Gasteiger partial charge in [0.2, 0.25) is 5.56 Å². The Morgan fingerprint density at radius 3 is 2.62 bits per heavy atom. The highest BCUT2D eigenvalue weighted by Gasteiger charge is 2.07. The predicted molar refractivity (Wildman–Crippen MR) is 65.9 cm³/mol. The largest absolute Gasteiger partial charge is 0.322 e. The van der Waals surface area contributed by atoms with E-state index in [4.69, 9.17) is 0 Å². The number of nitrogens with one attached hydrogen (secondary N) is 1. The molecule has 16 heavy (non-hydrogen) atoms. The summed E-state index contributed by atoms with van der Waals surface area (Å²) in [5.74, 6) is 0. The number of aromatic nitrogens is 2. The van der Waals surface area contributed by atoms with Gasteiger partial charge in [0.25, 0.3) is 0 Å². The van der Waals surface area contributed by atoms with Crippen LogP contribution in [0.3, 0.4) is 0 Å². The Labute approximate surface area is 94.5 Å². The molecule has 0 aliphatic carbocycles. The van der Waals surface area contributed by atoms with Gasteiger partial charge in [0.1, 0.15) is 0 Å². The number of rotatable bonds is 2. The van der Waals surface area contributed by atoms with Gasteiger partial charge in [-0.2, -0.15) is 0 Å². The van der Waals surface area contributed by atoms with Crippen molar-refractivity contribution in [2.75, 3.05) is 0 Å². The van der Waals surface area contributed by atoms with Crippen molar-refractivity contribution in [3.63, 3.8) is 0 Å². The first-order chi connectivity index (χ1) is 7.65. The van der Waals surface area contributed by atoms with Crippen LogP contribution in [0.2, 0.25) is 0 Å². The molecule has 3 heteroatoms. The van der Waals surface area contributed by atoms with Gasteiger partial charge in [-0.05, 0) is 31.4 Å². The van der Waals surface area contributed by atoms with Crippen molar-refractivity contribution >= 4 is 10.9 Å². The van der Waals surface area contributed by atoms with E-state index in [-0.39, 0.29) is 5.56 Å². The molecule has 1 N–H and O–H groups in total. The lowest BCUT2D eigenvalue weighted by atomic mass is 10.1. The van der Waals surface area contributed by atoms with Crippen molar-refractivity contribution in [1.29, 1.82) is 0 Å². The zero-order chi connectivity index (χ0) is 11.7. The Morgan fingerprint density at radius 2 is 2.00 bits per heavy atom. The molecule has 0 unspecified atom stereocenters. The van der Waals surface area contributed by atoms with Crippen LogP contribution >= 0.6 is 0 Å². The van der Waals surface area contributed by atoms with Gasteiger partial charge < -0.3 is 4.98 Å². The summed E-state index contributed by atoms with van der Waals surface area (Å²) in [6.07, 6.45) is 1.77. The maximum atomic E-state index is 11.4. The summed E-state index contributed by atoms with van der Waals surface area (Å²) in [5, 5.41) is 1.10. The van der Waals surface area contributed by atoms with Crippen molar-refractivity contribution in [3.05, 3.63) is 39.4 Å². The molecule has 0 atom stereocenters. The third-order valence-corrected chi connectivity index (χ3v) is 2.84. The third kappa shape index (κ3) is 1.73. The van der Waals surface area contributed by atoms with Crippen molar-refractivity contribution in [3.8, 4) is 0 Å². The molecule has 2 heterocycles. The zero-order valence-electron chi connectivity index (χ0n) is 9.92. The summed E-state index contributed by atoms with van der Waals surface area (Å²) in [4.78, 5) is 18.9. The molecule has 0 radical (unpaired) electrons. The van der Waals surface area contributed by atoms with Crippen molar-refractivity contribution in [2.45, 2.75) is 33.6 Å². The Hall–Kier alpha value is -1.64. The van der Waals surface area contributed by atoms with Crippen LogP contribution in [0.5, 0.6) is 0 Å². The van der Waals surface area contributed by atoms with Crippen LogP contribution in [0.15, 0.2) is 16.9 Å². The average molecular weight is 216 g/mol. The quantitative estimate of drug-likeness (QED) is 0.837. The SMILES string of the molecule is CCc1cc2[nH]c(=O)cc(C)c2c(CC)n1. The van der Waals surface area contributed by atoms with Crippen LogP contribution in [-0.2, 0) is 12.8 Å². The van der Waals surface area contributed by atoms with Crippen LogP contribution < -0.4 is 5.56 Å². The minimum Gasteiger partial charge on any atom is -0.322 e. The summed E-state index contributed by atoms with van der Waals surface area (Å²) >= 11 is 0. The molecule has 0 amide bonds. The third-order valence-electron chi connectivity index (χ3n) is 2.84. The van der Waals surface area contributed by atoms with Gasteiger partial charge in [-0.25, -0.2) is 0 Å². The van der Waals surface area contributed by atoms with E-state index >= 15 is 0 Å². The Morgan fingerprint density at radius 1 is 1.25 bits per heavy atom. The van der Waals surface area contributed by atoms with Gasteiger partial charge in [-0.3, -0.25) is 9.78 Å². The van der Waals surface area contributed by atoms with Gasteiger partial charge in [0, 0.05) is 22.8 Å². The van der Waals surface area contributed by atoms with E-state index in [0.29, 0.717) is 0 Å². The average Bonchev–Trinajstić information content (AvgIpc) is 2.26. The topological polar surface area (TPSA) is 45.8 Å². The molecular weight excluding hydrogens is 200 g/mol. The van der Waals surface area contributed by atoms with Crippen LogP contribution in [-0.4, -0.2) is 9.97 Å². The molecule has 84 valence electrons. The maximum absolute atomic E-state index is 11.4. The number of H-pyrrole nitrogens is 1. The second-order valence-electron chi connectivity index (χ2n) is 4.01. The monoisotopic (exact) mass is 216 g/mol. The van der Waals surface area contributed by atoms with E-state index in [2.05, 4.69) is 23.8 Å². The highest BCUT2D eigenvalue weighted by Crippen LogP contribution is 2.19. The van der Waals surface area contributed by atoms with E-state index in [1.54, 1.807) is 6.07 Å². The number of aryl methyl sites for hydroxylation is 3. The maximum Gasteiger partial charge on any atom is 0.248 e. The van der Waals surface area contributed by atoms with Gasteiger partial charge in [0.15, 0.2) is 0 Å². The van der Waals surface area contributed by atoms with Crippen LogP contribution in [0.1, 0.15) is 30.8 Å². The van der Waals surface area contributed by atoms with Crippen molar-refractivity contribution < 1.29 is 0 Å². The molecule has 2 aromatic heterocycles. The number of aromatic amines is 1. The highest BCUT2D eigenvalue weighted by atomic mass is 16.1. The molecule has 2 aromatic rings. The van der Waals surface area contributed by atoms with Crippen molar-refractivity contribution in [1.82, 2.24) is 9.97 Å². The lowest BCUT2D eigenvalue weighted by molar-refractivity contribution is 0.966. The summed E-state index contributed by atoms with van der Waals surface area (Å²) in [7, 11) is 0. The van der Waals surface area contributed by atoms with E-state index in [1.807, 2.05) is 13.0 Å². The second-order valence-corrected chi connectivity index (χ2v) is 4.01. The fourth-order valence-electron chi connectivity index (χ4n) is 2.07. The first-order valence-electron chi connectivity index (χ1n) is 5.68. The molecule has 0 saturated carbocycles. The molecule has 0 aliphatic heterocycles. The normalized spacial score (nSPS) is 10.9. The molecule has 0 saturated heterocycles. The number of pyridine rings is 2. The number of hydrogen-bond donors (Lipinski definition) is 1. The van der Waals surface area contributed by atoms with Crippen LogP contribution in [0.4, 0.5) is 0 Å². The van der Waals surface area contributed by atoms with Gasteiger partial charge in [-0.15, -0.1) is 0 Å². The second kappa shape index (κ2) is 4.08. The number of fused-ring (bicyclic) bond motifs is 1. The predicted octanol–water partition coefficient (Wildman–Crippen LogP) is 2.36. The molecule has 0 aromatic carbocycles. The van der Waals surface area contributed by atoms with Crippen LogP contribution in [0, 0.1) is 6.92 Å². The first kappa shape index (κ1) is 10.9. The van der Waals surface area contributed by atoms with Crippen LogP contribution in [0.25, 0.3) is 10.9 Å². The van der Waals surface area contributed by atoms with E-state index < -0.39 is 0 Å². The smallest absolute Gasteiger partial charge is 0.248 e. The lowest BCUT2D eigenvalue weighted by Gasteiger charge is -2.08. The van der Waals surface area contributed by atoms with Crippen molar-refractivity contribution in [2.24, 2.45) is 0 Å². The molecule has 3 nitrogen and oxygen atoms in total. The highest BCUT2D eigenvalue weighted by molar-refractivity contribution is 5.84. The Bertz CT molecular complexity index is 584. The minimum atomic E-state index is -0.0414. The molecular formula is C13H16N2O. The van der Waals surface area contributed by atoms with Gasteiger partial charge in [0.05, 0.1) is 5.52 Å². The molecule has 0 aliphatic rings. The standard InChI is InChI=1S/C13H16N2O/c1-4-9-7-11-13(10(5-2)14-9)8(3)6-12(16)15-11/h6-7H,4-5H2,1-3H3,(H,15,16). The van der Waals surface area contributed by atoms with E-state index in [1.165, 1.54) is 0 Å². The van der Waals surface area contributed by atoms with E-state index in [0.717, 1.165) is 40.7 Å².